The Kier molecular flexibility index (Phi) is 7.08. The molecule has 0 aliphatic carbocycles. The number of benzene rings is 2. The lowest BCUT2D eigenvalue weighted by atomic mass is 10.0. The average molecular weight is 611 g/mol. The zero-order chi connectivity index (χ0) is 32.0. The molecule has 4 heterocycles. The quantitative estimate of drug-likeness (QED) is 0.133. The van der Waals surface area contributed by atoms with E-state index in [-0.39, 0.29) is 50.4 Å². The molecule has 226 valence electrons. The summed E-state index contributed by atoms with van der Waals surface area (Å²) < 4.78 is 1.14. The minimum absolute atomic E-state index is 0.0468. The van der Waals surface area contributed by atoms with Gasteiger partial charge >= 0.3 is 5.97 Å². The highest BCUT2D eigenvalue weighted by Crippen LogP contribution is 2.30. The van der Waals surface area contributed by atoms with Gasteiger partial charge in [-0.3, -0.25) is 14.4 Å². The zero-order valence-electron chi connectivity index (χ0n) is 23.4. The first-order chi connectivity index (χ1) is 21.6. The first-order valence-electron chi connectivity index (χ1n) is 13.2. The molecule has 0 saturated heterocycles. The number of aromatic amines is 2. The van der Waals surface area contributed by atoms with Crippen molar-refractivity contribution < 1.29 is 35.0 Å². The predicted octanol–water partition coefficient (Wildman–Crippen LogP) is 1.85. The number of amides is 1. The lowest BCUT2D eigenvalue weighted by Crippen LogP contribution is -2.38. The predicted molar refractivity (Wildman–Crippen MR) is 158 cm³/mol. The molecule has 1 amide bonds. The Labute approximate surface area is 251 Å². The summed E-state index contributed by atoms with van der Waals surface area (Å²) in [5.74, 6) is -1.55. The van der Waals surface area contributed by atoms with E-state index in [1.165, 1.54) is 66.8 Å². The van der Waals surface area contributed by atoms with Crippen LogP contribution in [0.5, 0.6) is 11.6 Å². The Bertz CT molecular complexity index is 2250. The van der Waals surface area contributed by atoms with Crippen LogP contribution in [0.15, 0.2) is 69.3 Å². The van der Waals surface area contributed by atoms with Crippen LogP contribution >= 0.6 is 0 Å². The number of H-pyrrole nitrogens is 2. The maximum Gasteiger partial charge on any atom is 0.335 e. The topological polar surface area (TPSA) is 212 Å². The van der Waals surface area contributed by atoms with Crippen LogP contribution in [0.2, 0.25) is 0 Å². The number of carboxylic acids is 1. The van der Waals surface area contributed by atoms with Crippen molar-refractivity contribution in [3.8, 4) is 28.7 Å². The number of hydrogen-bond donors (Lipinski definition) is 5. The van der Waals surface area contributed by atoms with E-state index in [1.54, 1.807) is 13.8 Å². The molecule has 0 fully saturated rings. The Hall–Kier alpha value is -6.32. The summed E-state index contributed by atoms with van der Waals surface area (Å²) in [6.45, 7) is 3.25. The SMILES string of the molecule is Cc1c(C=C/C=c2/c(C)c3c([nH]c2=O)=NN(c2ccc(C(=O)O)cc2)C3=O)c(O)[nH]c2nn(-c3ccc(OOO)cc3)c(=O)c1-2. The van der Waals surface area contributed by atoms with Crippen molar-refractivity contribution in [3.63, 3.8) is 0 Å². The van der Waals surface area contributed by atoms with Crippen molar-refractivity contribution >= 4 is 29.7 Å². The lowest BCUT2D eigenvalue weighted by molar-refractivity contribution is -0.438. The van der Waals surface area contributed by atoms with Crippen molar-refractivity contribution in [2.75, 3.05) is 5.01 Å². The van der Waals surface area contributed by atoms with Crippen LogP contribution in [0.4, 0.5) is 5.69 Å². The van der Waals surface area contributed by atoms with Gasteiger partial charge in [0.1, 0.15) is 0 Å². The number of carbonyl (C=O) groups excluding carboxylic acids is 1. The van der Waals surface area contributed by atoms with Crippen molar-refractivity contribution in [3.05, 3.63) is 114 Å². The van der Waals surface area contributed by atoms with Crippen LogP contribution in [0.1, 0.15) is 37.4 Å². The van der Waals surface area contributed by atoms with Crippen LogP contribution in [0, 0.1) is 13.8 Å². The number of allylic oxidation sites excluding steroid dienone is 1. The first-order valence-corrected chi connectivity index (χ1v) is 13.2. The molecule has 15 heteroatoms. The fraction of sp³-hybridized carbons (Fsp3) is 0.0667. The molecule has 3 aliphatic rings. The van der Waals surface area contributed by atoms with Gasteiger partial charge in [-0.05, 0) is 90.7 Å². The van der Waals surface area contributed by atoms with Gasteiger partial charge in [0.2, 0.25) is 0 Å². The van der Waals surface area contributed by atoms with Gasteiger partial charge in [0.15, 0.2) is 22.9 Å². The maximum atomic E-state index is 13.3. The number of nitrogens with one attached hydrogen (secondary N) is 2. The van der Waals surface area contributed by atoms with Crippen LogP contribution < -0.4 is 31.7 Å². The van der Waals surface area contributed by atoms with Gasteiger partial charge in [-0.15, -0.1) is 10.2 Å². The lowest BCUT2D eigenvalue weighted by Gasteiger charge is -2.12. The molecule has 15 nitrogen and oxygen atoms in total. The van der Waals surface area contributed by atoms with Crippen molar-refractivity contribution in [2.24, 2.45) is 5.10 Å². The molecule has 0 unspecified atom stereocenters. The number of aromatic carboxylic acids is 1. The third-order valence-corrected chi connectivity index (χ3v) is 7.31. The van der Waals surface area contributed by atoms with Crippen LogP contribution in [-0.4, -0.2) is 47.1 Å². The molecular formula is C30H22N6O9. The second-order valence-electron chi connectivity index (χ2n) is 9.92. The number of aromatic hydroxyl groups is 1. The number of hydrogen-bond acceptors (Lipinski definition) is 10. The Morgan fingerprint density at radius 1 is 0.933 bits per heavy atom. The summed E-state index contributed by atoms with van der Waals surface area (Å²) in [4.78, 5) is 60.5. The zero-order valence-corrected chi connectivity index (χ0v) is 23.4. The maximum absolute atomic E-state index is 13.3. The van der Waals surface area contributed by atoms with E-state index in [2.05, 4.69) is 30.1 Å². The number of carboxylic acid groups (broad SMARTS) is 1. The molecule has 0 bridgehead atoms. The van der Waals surface area contributed by atoms with Crippen LogP contribution in [0.3, 0.4) is 0 Å². The Morgan fingerprint density at radius 3 is 2.29 bits per heavy atom. The van der Waals surface area contributed by atoms with E-state index in [0.29, 0.717) is 22.5 Å². The summed E-state index contributed by atoms with van der Waals surface area (Å²) >= 11 is 0. The van der Waals surface area contributed by atoms with E-state index >= 15 is 0 Å². The van der Waals surface area contributed by atoms with E-state index in [1.807, 2.05) is 0 Å². The van der Waals surface area contributed by atoms with Crippen molar-refractivity contribution in [1.29, 1.82) is 0 Å². The number of carbonyl (C=O) groups is 2. The van der Waals surface area contributed by atoms with E-state index in [9.17, 15) is 24.3 Å². The number of fused-ring (bicyclic) bond motifs is 2. The highest BCUT2D eigenvalue weighted by Gasteiger charge is 2.28. The van der Waals surface area contributed by atoms with Gasteiger partial charge < -0.3 is 25.1 Å². The molecule has 6 rings (SSSR count). The third kappa shape index (κ3) is 4.93. The molecule has 3 aromatic rings. The smallest absolute Gasteiger partial charge is 0.335 e. The number of aromatic nitrogens is 4. The van der Waals surface area contributed by atoms with Gasteiger partial charge in [-0.2, -0.15) is 9.69 Å². The second kappa shape index (κ2) is 11.1. The molecule has 0 atom stereocenters. The fourth-order valence-corrected chi connectivity index (χ4v) is 5.05. The first kappa shape index (κ1) is 28.8. The van der Waals surface area contributed by atoms with Crippen molar-refractivity contribution in [2.45, 2.75) is 13.8 Å². The highest BCUT2D eigenvalue weighted by molar-refractivity contribution is 6.08. The largest absolute Gasteiger partial charge is 0.494 e. The molecule has 0 saturated carbocycles. The van der Waals surface area contributed by atoms with Crippen LogP contribution in [-0.2, 0) is 5.04 Å². The van der Waals surface area contributed by atoms with Gasteiger partial charge in [0.25, 0.3) is 17.0 Å². The van der Waals surface area contributed by atoms with Gasteiger partial charge in [0.05, 0.1) is 28.1 Å². The minimum Gasteiger partial charge on any atom is -0.494 e. The molecular weight excluding hydrogens is 588 g/mol. The van der Waals surface area contributed by atoms with Gasteiger partial charge in [-0.1, -0.05) is 6.08 Å². The normalized spacial score (nSPS) is 13.1. The van der Waals surface area contributed by atoms with Crippen molar-refractivity contribution in [1.82, 2.24) is 19.7 Å². The molecule has 2 aromatic carbocycles. The summed E-state index contributed by atoms with van der Waals surface area (Å²) in [7, 11) is 0. The standard InChI is InChI=1S/C30H22N6O9/c1-14-20(26(37)31-24-22(14)28(39)35(33-24)17-8-6-16(7-9-17)30(41)42)4-3-5-21-15(2)23-25(32-27(21)38)34-36(29(23)40)18-10-12-19(13-11-18)44-45-43/h3-13,43H,1-2H3,(H,41,42)(H,31,33,37)(H2,32,34,38)/b5-3?,20-4-. The second-order valence-corrected chi connectivity index (χ2v) is 9.92. The number of pyridine rings is 2. The number of rotatable bonds is 7. The molecule has 3 aliphatic heterocycles. The fourth-order valence-electron chi connectivity index (χ4n) is 5.05. The summed E-state index contributed by atoms with van der Waals surface area (Å²) in [5.41, 5.74) is 1.34. The Morgan fingerprint density at radius 2 is 1.62 bits per heavy atom. The van der Waals surface area contributed by atoms with Gasteiger partial charge in [-0.25, -0.2) is 10.1 Å². The van der Waals surface area contributed by atoms with E-state index < -0.39 is 23.0 Å². The van der Waals surface area contributed by atoms with E-state index in [0.717, 1.165) is 9.69 Å². The summed E-state index contributed by atoms with van der Waals surface area (Å²) in [5, 5.41) is 41.7. The van der Waals surface area contributed by atoms with Crippen LogP contribution in [0.25, 0.3) is 29.2 Å². The molecule has 0 spiro atoms. The summed E-state index contributed by atoms with van der Waals surface area (Å²) in [6, 6.07) is 11.5. The molecule has 1 aromatic heterocycles. The molecule has 45 heavy (non-hydrogen) atoms. The third-order valence-electron chi connectivity index (χ3n) is 7.31. The Balaban J connectivity index is 1.34. The minimum atomic E-state index is -1.11. The van der Waals surface area contributed by atoms with E-state index in [4.69, 9.17) is 10.4 Å². The molecule has 0 radical (unpaired) electrons. The summed E-state index contributed by atoms with van der Waals surface area (Å²) in [6.07, 6.45) is 4.48. The highest BCUT2D eigenvalue weighted by atomic mass is 17.5. The number of anilines is 1. The molecule has 5 N–H and O–H groups in total. The average Bonchev–Trinajstić information content (AvgIpc) is 3.52. The monoisotopic (exact) mass is 610 g/mol. The number of nitrogens with zero attached hydrogens (tertiary/aromatic N) is 4. The van der Waals surface area contributed by atoms with Gasteiger partial charge in [0, 0.05) is 10.8 Å².